The molecule has 0 atom stereocenters. The van der Waals surface area contributed by atoms with Gasteiger partial charge in [-0.05, 0) is 19.9 Å². The number of rotatable bonds is 5. The summed E-state index contributed by atoms with van der Waals surface area (Å²) in [7, 11) is 1.93. The van der Waals surface area contributed by atoms with Crippen molar-refractivity contribution in [3.05, 3.63) is 35.9 Å². The van der Waals surface area contributed by atoms with Gasteiger partial charge in [-0.1, -0.05) is 0 Å². The van der Waals surface area contributed by atoms with E-state index >= 15 is 0 Å². The number of nitrogens with one attached hydrogen (secondary N) is 1. The molecular weight excluding hydrogens is 214 g/mol. The summed E-state index contributed by atoms with van der Waals surface area (Å²) < 4.78 is 3.85. The van der Waals surface area contributed by atoms with Gasteiger partial charge in [0.05, 0.1) is 11.9 Å². The third-order valence-electron chi connectivity index (χ3n) is 2.63. The molecule has 0 aromatic carbocycles. The van der Waals surface area contributed by atoms with E-state index in [4.69, 9.17) is 0 Å². The summed E-state index contributed by atoms with van der Waals surface area (Å²) in [6.45, 7) is 5.93. The zero-order chi connectivity index (χ0) is 12.3. The maximum Gasteiger partial charge on any atom is 0.0534 e. The van der Waals surface area contributed by atoms with Crippen molar-refractivity contribution < 1.29 is 0 Å². The second kappa shape index (κ2) is 5.14. The fourth-order valence-electron chi connectivity index (χ4n) is 1.84. The normalized spacial score (nSPS) is 11.3. The fraction of sp³-hybridized carbons (Fsp3) is 0.500. The average molecular weight is 233 g/mol. The van der Waals surface area contributed by atoms with Gasteiger partial charge in [0.25, 0.3) is 0 Å². The van der Waals surface area contributed by atoms with Crippen molar-refractivity contribution in [3.63, 3.8) is 0 Å². The molecule has 0 amide bonds. The van der Waals surface area contributed by atoms with Crippen molar-refractivity contribution in [1.82, 2.24) is 24.9 Å². The summed E-state index contributed by atoms with van der Waals surface area (Å²) in [6, 6.07) is 2.45. The van der Waals surface area contributed by atoms with Crippen LogP contribution in [-0.4, -0.2) is 19.6 Å². The Morgan fingerprint density at radius 3 is 2.76 bits per heavy atom. The maximum absolute atomic E-state index is 4.31. The Kier molecular flexibility index (Phi) is 3.58. The van der Waals surface area contributed by atoms with Crippen LogP contribution >= 0.6 is 0 Å². The predicted octanol–water partition coefficient (Wildman–Crippen LogP) is 1.49. The fourth-order valence-corrected chi connectivity index (χ4v) is 1.84. The van der Waals surface area contributed by atoms with Gasteiger partial charge >= 0.3 is 0 Å². The van der Waals surface area contributed by atoms with Crippen molar-refractivity contribution in [2.24, 2.45) is 7.05 Å². The topological polar surface area (TPSA) is 47.7 Å². The minimum Gasteiger partial charge on any atom is -0.307 e. The summed E-state index contributed by atoms with van der Waals surface area (Å²) >= 11 is 0. The number of hydrogen-bond acceptors (Lipinski definition) is 3. The van der Waals surface area contributed by atoms with Crippen LogP contribution in [0.25, 0.3) is 0 Å². The molecule has 0 bridgehead atoms. The Morgan fingerprint density at radius 2 is 2.12 bits per heavy atom. The number of aryl methyl sites for hydroxylation is 1. The highest BCUT2D eigenvalue weighted by molar-refractivity contribution is 5.05. The Labute approximate surface area is 101 Å². The van der Waals surface area contributed by atoms with E-state index in [9.17, 15) is 0 Å². The van der Waals surface area contributed by atoms with Crippen molar-refractivity contribution in [1.29, 1.82) is 0 Å². The van der Waals surface area contributed by atoms with Crippen LogP contribution in [0.4, 0.5) is 0 Å². The lowest BCUT2D eigenvalue weighted by Gasteiger charge is -2.11. The van der Waals surface area contributed by atoms with Crippen LogP contribution in [0, 0.1) is 0 Å². The molecule has 2 heterocycles. The van der Waals surface area contributed by atoms with E-state index in [1.165, 1.54) is 11.3 Å². The van der Waals surface area contributed by atoms with Gasteiger partial charge < -0.3 is 5.32 Å². The lowest BCUT2D eigenvalue weighted by Crippen LogP contribution is -2.17. The highest BCUT2D eigenvalue weighted by atomic mass is 15.3. The molecule has 0 radical (unpaired) electrons. The van der Waals surface area contributed by atoms with Crippen molar-refractivity contribution >= 4 is 0 Å². The molecule has 0 aliphatic heterocycles. The Balaban J connectivity index is 1.88. The molecule has 2 aromatic heterocycles. The highest BCUT2D eigenvalue weighted by Crippen LogP contribution is 2.07. The number of nitrogens with zero attached hydrogens (tertiary/aromatic N) is 4. The SMILES string of the molecule is CC(C)n1nccc1CNCc1cnn(C)c1. The molecule has 17 heavy (non-hydrogen) atoms. The van der Waals surface area contributed by atoms with E-state index in [0.717, 1.165) is 13.1 Å². The van der Waals surface area contributed by atoms with Crippen LogP contribution in [0.3, 0.4) is 0 Å². The summed E-state index contributed by atoms with van der Waals surface area (Å²) in [4.78, 5) is 0. The average Bonchev–Trinajstić information content (AvgIpc) is 2.87. The largest absolute Gasteiger partial charge is 0.307 e. The van der Waals surface area contributed by atoms with Gasteiger partial charge in [0, 0.05) is 44.1 Å². The van der Waals surface area contributed by atoms with Gasteiger partial charge in [0.1, 0.15) is 0 Å². The van der Waals surface area contributed by atoms with Gasteiger partial charge in [-0.2, -0.15) is 10.2 Å². The molecule has 92 valence electrons. The first-order valence-electron chi connectivity index (χ1n) is 5.87. The molecule has 0 aliphatic rings. The Bertz CT molecular complexity index is 469. The third kappa shape index (κ3) is 2.94. The van der Waals surface area contributed by atoms with E-state index in [-0.39, 0.29) is 0 Å². The van der Waals surface area contributed by atoms with E-state index in [2.05, 4.69) is 35.4 Å². The molecular formula is C12H19N5. The molecule has 0 unspecified atom stereocenters. The van der Waals surface area contributed by atoms with E-state index in [0.29, 0.717) is 6.04 Å². The second-order valence-electron chi connectivity index (χ2n) is 4.49. The molecule has 2 aromatic rings. The standard InChI is InChI=1S/C12H19N5/c1-10(2)17-12(4-5-14-17)8-13-6-11-7-15-16(3)9-11/h4-5,7,9-10,13H,6,8H2,1-3H3. The molecule has 0 saturated heterocycles. The van der Waals surface area contributed by atoms with Gasteiger partial charge in [0.2, 0.25) is 0 Å². The summed E-state index contributed by atoms with van der Waals surface area (Å²) in [5.74, 6) is 0. The van der Waals surface area contributed by atoms with Crippen LogP contribution in [0.5, 0.6) is 0 Å². The number of hydrogen-bond donors (Lipinski definition) is 1. The first-order valence-corrected chi connectivity index (χ1v) is 5.87. The molecule has 5 heteroatoms. The summed E-state index contributed by atoms with van der Waals surface area (Å²) in [5.41, 5.74) is 2.41. The van der Waals surface area contributed by atoms with Crippen LogP contribution in [-0.2, 0) is 20.1 Å². The molecule has 0 spiro atoms. The second-order valence-corrected chi connectivity index (χ2v) is 4.49. The smallest absolute Gasteiger partial charge is 0.0534 e. The molecule has 5 nitrogen and oxygen atoms in total. The van der Waals surface area contributed by atoms with Gasteiger partial charge in [0.15, 0.2) is 0 Å². The van der Waals surface area contributed by atoms with E-state index in [1.807, 2.05) is 35.0 Å². The monoisotopic (exact) mass is 233 g/mol. The van der Waals surface area contributed by atoms with E-state index in [1.54, 1.807) is 0 Å². The zero-order valence-corrected chi connectivity index (χ0v) is 10.6. The van der Waals surface area contributed by atoms with Crippen molar-refractivity contribution in [3.8, 4) is 0 Å². The first-order chi connectivity index (χ1) is 8.16. The van der Waals surface area contributed by atoms with Crippen LogP contribution in [0.2, 0.25) is 0 Å². The van der Waals surface area contributed by atoms with Crippen molar-refractivity contribution in [2.75, 3.05) is 0 Å². The van der Waals surface area contributed by atoms with Crippen LogP contribution < -0.4 is 5.32 Å². The minimum atomic E-state index is 0.403. The van der Waals surface area contributed by atoms with Gasteiger partial charge in [-0.15, -0.1) is 0 Å². The Hall–Kier alpha value is -1.62. The molecule has 1 N–H and O–H groups in total. The van der Waals surface area contributed by atoms with E-state index < -0.39 is 0 Å². The lowest BCUT2D eigenvalue weighted by molar-refractivity contribution is 0.495. The van der Waals surface area contributed by atoms with Crippen molar-refractivity contribution in [2.45, 2.75) is 33.0 Å². The highest BCUT2D eigenvalue weighted by Gasteiger charge is 2.05. The predicted molar refractivity (Wildman–Crippen MR) is 66.4 cm³/mol. The Morgan fingerprint density at radius 1 is 1.29 bits per heavy atom. The zero-order valence-electron chi connectivity index (χ0n) is 10.6. The number of aromatic nitrogens is 4. The van der Waals surface area contributed by atoms with Gasteiger partial charge in [-0.3, -0.25) is 9.36 Å². The first kappa shape index (κ1) is 11.9. The maximum atomic E-state index is 4.31. The van der Waals surface area contributed by atoms with Crippen LogP contribution in [0.15, 0.2) is 24.7 Å². The summed E-state index contributed by atoms with van der Waals surface area (Å²) in [5, 5.41) is 11.8. The third-order valence-corrected chi connectivity index (χ3v) is 2.63. The van der Waals surface area contributed by atoms with Crippen LogP contribution in [0.1, 0.15) is 31.1 Å². The molecule has 2 rings (SSSR count). The molecule has 0 saturated carbocycles. The molecule has 0 aliphatic carbocycles. The summed E-state index contributed by atoms with van der Waals surface area (Å²) in [6.07, 6.45) is 5.75. The lowest BCUT2D eigenvalue weighted by atomic mass is 10.3. The van der Waals surface area contributed by atoms with Gasteiger partial charge in [-0.25, -0.2) is 0 Å². The minimum absolute atomic E-state index is 0.403. The molecule has 0 fully saturated rings. The quantitative estimate of drug-likeness (QED) is 0.851.